The van der Waals surface area contributed by atoms with Crippen LogP contribution in [0.15, 0.2) is 24.3 Å². The van der Waals surface area contributed by atoms with Gasteiger partial charge in [-0.25, -0.2) is 9.37 Å². The fourth-order valence-electron chi connectivity index (χ4n) is 6.51. The molecular weight excluding hydrogens is 469 g/mol. The highest BCUT2D eigenvalue weighted by molar-refractivity contribution is 7.99. The Labute approximate surface area is 209 Å². The maximum absolute atomic E-state index is 13.3. The third kappa shape index (κ3) is 4.37. The summed E-state index contributed by atoms with van der Waals surface area (Å²) >= 11 is 3.57. The molecule has 184 valence electrons. The average Bonchev–Trinajstić information content (AvgIpc) is 3.22. The number of nitrogens with zero attached hydrogens (tertiary/aromatic N) is 2. The number of halogens is 1. The quantitative estimate of drug-likeness (QED) is 0.594. The lowest BCUT2D eigenvalue weighted by Crippen LogP contribution is -2.54. The minimum Gasteiger partial charge on any atom is -0.392 e. The smallest absolute Gasteiger partial charge is 0.225 e. The summed E-state index contributed by atoms with van der Waals surface area (Å²) in [7, 11) is 0. The Morgan fingerprint density at radius 1 is 1.29 bits per heavy atom. The minimum atomic E-state index is -0.518. The highest BCUT2D eigenvalue weighted by atomic mass is 32.2. The van der Waals surface area contributed by atoms with E-state index in [0.717, 1.165) is 60.4 Å². The molecule has 1 aliphatic heterocycles. The molecule has 6 atom stereocenters. The molecule has 0 radical (unpaired) electrons. The predicted octanol–water partition coefficient (Wildman–Crippen LogP) is 5.29. The molecule has 8 heteroatoms. The summed E-state index contributed by atoms with van der Waals surface area (Å²) < 4.78 is 13.3. The van der Waals surface area contributed by atoms with Crippen LogP contribution < -0.4 is 5.32 Å². The normalized spacial score (nSPS) is 32.0. The van der Waals surface area contributed by atoms with Gasteiger partial charge in [-0.3, -0.25) is 4.79 Å². The summed E-state index contributed by atoms with van der Waals surface area (Å²) in [6.45, 7) is 8.15. The number of hydrogen-bond donors (Lipinski definition) is 2. The van der Waals surface area contributed by atoms with Crippen LogP contribution in [0.4, 0.5) is 15.2 Å². The molecular formula is C26H34FN3O2S2. The molecule has 1 aromatic carbocycles. The molecule has 0 bridgehead atoms. The van der Waals surface area contributed by atoms with Crippen molar-refractivity contribution in [3.8, 4) is 0 Å². The third-order valence-electron chi connectivity index (χ3n) is 8.37. The molecule has 34 heavy (non-hydrogen) atoms. The van der Waals surface area contributed by atoms with Crippen molar-refractivity contribution in [2.45, 2.75) is 52.1 Å². The van der Waals surface area contributed by atoms with Gasteiger partial charge in [0.05, 0.1) is 11.8 Å². The largest absolute Gasteiger partial charge is 0.392 e. The molecule has 2 fully saturated rings. The van der Waals surface area contributed by atoms with Crippen molar-refractivity contribution in [3.05, 3.63) is 40.7 Å². The van der Waals surface area contributed by atoms with E-state index < -0.39 is 6.10 Å². The molecule has 2 aliphatic carbocycles. The highest BCUT2D eigenvalue weighted by Gasteiger charge is 2.54. The zero-order chi connectivity index (χ0) is 24.0. The van der Waals surface area contributed by atoms with Crippen LogP contribution in [0.1, 0.15) is 50.1 Å². The second-order valence-corrected chi connectivity index (χ2v) is 12.8. The zero-order valence-electron chi connectivity index (χ0n) is 20.1. The molecule has 5 rings (SSSR count). The number of aromatic nitrogens is 1. The standard InChI is InChI=1S/C26H34FN3O2S2/c1-15(24(32)30-10-12-33-13-11-30)19-8-9-26(3)14-20-22(16(2)21(26)23(19)31)29-25(34-20)28-18-6-4-17(27)5-7-18/h4-7,15-16,19,21,23,31H,8-14H2,1-3H3,(H,28,29)/t15-,16-,19-,21+,23-,26-/m0/s1. The summed E-state index contributed by atoms with van der Waals surface area (Å²) in [4.78, 5) is 21.4. The lowest BCUT2D eigenvalue weighted by molar-refractivity contribution is -0.144. The number of amides is 1. The van der Waals surface area contributed by atoms with E-state index in [1.807, 2.05) is 23.6 Å². The van der Waals surface area contributed by atoms with Gasteiger partial charge >= 0.3 is 0 Å². The number of fused-ring (bicyclic) bond motifs is 2. The number of carbonyl (C=O) groups is 1. The first-order valence-electron chi connectivity index (χ1n) is 12.3. The number of carbonyl (C=O) groups excluding carboxylic acids is 1. The fourth-order valence-corrected chi connectivity index (χ4v) is 8.70. The Morgan fingerprint density at radius 2 is 2.00 bits per heavy atom. The maximum Gasteiger partial charge on any atom is 0.225 e. The van der Waals surface area contributed by atoms with E-state index in [0.29, 0.717) is 0 Å². The third-order valence-corrected chi connectivity index (χ3v) is 10.3. The van der Waals surface area contributed by atoms with E-state index in [-0.39, 0.29) is 40.8 Å². The van der Waals surface area contributed by atoms with Crippen molar-refractivity contribution < 1.29 is 14.3 Å². The molecule has 2 heterocycles. The van der Waals surface area contributed by atoms with Gasteiger partial charge in [0.25, 0.3) is 0 Å². The molecule has 3 aliphatic rings. The lowest BCUT2D eigenvalue weighted by Gasteiger charge is -2.53. The minimum absolute atomic E-state index is 0.00740. The molecule has 1 saturated carbocycles. The van der Waals surface area contributed by atoms with Gasteiger partial charge in [0.15, 0.2) is 5.13 Å². The van der Waals surface area contributed by atoms with Gasteiger partial charge in [0, 0.05) is 47.0 Å². The summed E-state index contributed by atoms with van der Waals surface area (Å²) in [6.07, 6.45) is 2.27. The SMILES string of the molecule is C[C@H](C(=O)N1CCSCC1)[C@@H]1CC[C@@]2(C)Cc3sc(Nc4ccc(F)cc4)nc3[C@@H](C)[C@@H]2[C@H]1O. The van der Waals surface area contributed by atoms with Crippen molar-refractivity contribution >= 4 is 39.8 Å². The van der Waals surface area contributed by atoms with Crippen molar-refractivity contribution in [2.75, 3.05) is 29.9 Å². The van der Waals surface area contributed by atoms with E-state index in [4.69, 9.17) is 4.98 Å². The Balaban J connectivity index is 1.35. The predicted molar refractivity (Wildman–Crippen MR) is 137 cm³/mol. The number of anilines is 2. The van der Waals surface area contributed by atoms with Crippen molar-refractivity contribution in [3.63, 3.8) is 0 Å². The summed E-state index contributed by atoms with van der Waals surface area (Å²) in [6, 6.07) is 6.31. The Kier molecular flexibility index (Phi) is 6.68. The first-order valence-corrected chi connectivity index (χ1v) is 14.3. The van der Waals surface area contributed by atoms with Crippen LogP contribution in [0.5, 0.6) is 0 Å². The number of benzene rings is 1. The van der Waals surface area contributed by atoms with Gasteiger partial charge in [-0.1, -0.05) is 20.8 Å². The topological polar surface area (TPSA) is 65.5 Å². The van der Waals surface area contributed by atoms with Gasteiger partial charge in [0.2, 0.25) is 5.91 Å². The molecule has 2 aromatic rings. The summed E-state index contributed by atoms with van der Waals surface area (Å²) in [5.74, 6) is 1.96. The fraction of sp³-hybridized carbons (Fsp3) is 0.615. The van der Waals surface area contributed by atoms with Gasteiger partial charge in [-0.2, -0.15) is 11.8 Å². The van der Waals surface area contributed by atoms with E-state index in [1.54, 1.807) is 23.5 Å². The van der Waals surface area contributed by atoms with Crippen LogP contribution in [-0.2, 0) is 11.2 Å². The lowest BCUT2D eigenvalue weighted by atomic mass is 9.53. The zero-order valence-corrected chi connectivity index (χ0v) is 21.7. The molecule has 0 spiro atoms. The van der Waals surface area contributed by atoms with E-state index in [1.165, 1.54) is 17.0 Å². The van der Waals surface area contributed by atoms with E-state index in [9.17, 15) is 14.3 Å². The highest BCUT2D eigenvalue weighted by Crippen LogP contribution is 2.57. The molecule has 1 amide bonds. The van der Waals surface area contributed by atoms with Crippen molar-refractivity contribution in [1.29, 1.82) is 0 Å². The average molecular weight is 504 g/mol. The van der Waals surface area contributed by atoms with Gasteiger partial charge in [0.1, 0.15) is 5.82 Å². The first-order chi connectivity index (χ1) is 16.3. The van der Waals surface area contributed by atoms with Crippen LogP contribution in [0.3, 0.4) is 0 Å². The number of aliphatic hydroxyl groups excluding tert-OH is 1. The number of nitrogens with one attached hydrogen (secondary N) is 1. The van der Waals surface area contributed by atoms with E-state index >= 15 is 0 Å². The number of aliphatic hydroxyl groups is 1. The number of thioether (sulfide) groups is 1. The molecule has 2 N–H and O–H groups in total. The second-order valence-electron chi connectivity index (χ2n) is 10.5. The summed E-state index contributed by atoms with van der Waals surface area (Å²) in [5.41, 5.74) is 1.86. The Bertz CT molecular complexity index is 1040. The monoisotopic (exact) mass is 503 g/mol. The summed E-state index contributed by atoms with van der Waals surface area (Å²) in [5, 5.41) is 15.8. The number of rotatable bonds is 4. The number of thiazole rings is 1. The van der Waals surface area contributed by atoms with Crippen LogP contribution in [0.25, 0.3) is 0 Å². The van der Waals surface area contributed by atoms with Crippen LogP contribution >= 0.6 is 23.1 Å². The molecule has 5 nitrogen and oxygen atoms in total. The van der Waals surface area contributed by atoms with Crippen molar-refractivity contribution in [1.82, 2.24) is 9.88 Å². The second kappa shape index (κ2) is 9.43. The number of hydrogen-bond acceptors (Lipinski definition) is 6. The van der Waals surface area contributed by atoms with Gasteiger partial charge in [-0.05, 0) is 60.8 Å². The Hall–Kier alpha value is -1.64. The molecule has 1 saturated heterocycles. The van der Waals surface area contributed by atoms with Crippen LogP contribution in [-0.4, -0.2) is 51.6 Å². The van der Waals surface area contributed by atoms with Crippen LogP contribution in [0, 0.1) is 29.0 Å². The van der Waals surface area contributed by atoms with Gasteiger partial charge < -0.3 is 15.3 Å². The molecule has 1 aromatic heterocycles. The van der Waals surface area contributed by atoms with Gasteiger partial charge in [-0.15, -0.1) is 11.3 Å². The maximum atomic E-state index is 13.3. The molecule has 0 unspecified atom stereocenters. The van der Waals surface area contributed by atoms with E-state index in [2.05, 4.69) is 19.2 Å². The van der Waals surface area contributed by atoms with Crippen LogP contribution in [0.2, 0.25) is 0 Å². The van der Waals surface area contributed by atoms with Crippen molar-refractivity contribution in [2.24, 2.45) is 23.2 Å². The first kappa shape index (κ1) is 24.1. The Morgan fingerprint density at radius 3 is 2.71 bits per heavy atom.